The first-order valence-electron chi connectivity index (χ1n) is 6.57. The van der Waals surface area contributed by atoms with Crippen molar-refractivity contribution in [2.75, 3.05) is 4.72 Å². The van der Waals surface area contributed by atoms with Crippen LogP contribution in [-0.4, -0.2) is 13.6 Å². The molecule has 0 amide bonds. The number of benzene rings is 1. The normalized spacial score (nSPS) is 11.5. The number of hydrogen-bond donors (Lipinski definition) is 1. The van der Waals surface area contributed by atoms with Crippen LogP contribution in [-0.2, 0) is 10.0 Å². The molecule has 1 N–H and O–H groups in total. The summed E-state index contributed by atoms with van der Waals surface area (Å²) in [7, 11) is -3.67. The molecule has 0 aliphatic rings. The third kappa shape index (κ3) is 2.90. The van der Waals surface area contributed by atoms with Crippen LogP contribution >= 0.6 is 11.3 Å². The molecule has 0 saturated heterocycles. The Kier molecular flexibility index (Phi) is 3.76. The molecule has 0 unspecified atom stereocenters. The first-order valence-corrected chi connectivity index (χ1v) is 8.87. The van der Waals surface area contributed by atoms with Crippen LogP contribution in [0.25, 0.3) is 11.1 Å². The van der Waals surface area contributed by atoms with Gasteiger partial charge in [-0.05, 0) is 31.5 Å². The van der Waals surface area contributed by atoms with E-state index in [2.05, 4.69) is 9.88 Å². The summed E-state index contributed by atoms with van der Waals surface area (Å²) in [6.45, 7) is 3.84. The summed E-state index contributed by atoms with van der Waals surface area (Å²) in [5.74, 6) is 0.120. The van der Waals surface area contributed by atoms with Crippen molar-refractivity contribution in [3.63, 3.8) is 0 Å². The van der Waals surface area contributed by atoms with Gasteiger partial charge in [0.05, 0.1) is 11.8 Å². The van der Waals surface area contributed by atoms with Crippen molar-refractivity contribution in [3.8, 4) is 11.1 Å². The van der Waals surface area contributed by atoms with Gasteiger partial charge in [-0.2, -0.15) is 0 Å². The molecule has 3 rings (SSSR count). The Labute approximate surface area is 132 Å². The molecule has 0 aliphatic carbocycles. The summed E-state index contributed by atoms with van der Waals surface area (Å²) in [4.78, 5) is 0.928. The number of thiophene rings is 1. The lowest BCUT2D eigenvalue weighted by molar-refractivity contribution is 0.436. The van der Waals surface area contributed by atoms with Crippen molar-refractivity contribution >= 4 is 27.2 Å². The Balaban J connectivity index is 1.94. The molecule has 2 aromatic heterocycles. The average molecular weight is 334 g/mol. The first kappa shape index (κ1) is 14.8. The minimum Gasteiger partial charge on any atom is -0.337 e. The molecule has 0 atom stereocenters. The van der Waals surface area contributed by atoms with Gasteiger partial charge in [0, 0.05) is 4.88 Å². The van der Waals surface area contributed by atoms with E-state index < -0.39 is 10.0 Å². The summed E-state index contributed by atoms with van der Waals surface area (Å²) < 4.78 is 32.5. The van der Waals surface area contributed by atoms with Crippen molar-refractivity contribution in [2.45, 2.75) is 18.1 Å². The molecule has 0 saturated carbocycles. The lowest BCUT2D eigenvalue weighted by Gasteiger charge is -2.05. The molecule has 3 aromatic rings. The molecule has 22 heavy (non-hydrogen) atoms. The molecule has 0 aliphatic heterocycles. The molecule has 0 spiro atoms. The van der Waals surface area contributed by atoms with E-state index in [1.165, 1.54) is 17.5 Å². The van der Waals surface area contributed by atoms with Gasteiger partial charge in [-0.15, -0.1) is 11.3 Å². The summed E-state index contributed by atoms with van der Waals surface area (Å²) in [6, 6.07) is 11.0. The second-order valence-corrected chi connectivity index (χ2v) is 8.10. The van der Waals surface area contributed by atoms with E-state index in [0.717, 1.165) is 16.0 Å². The second-order valence-electron chi connectivity index (χ2n) is 4.91. The van der Waals surface area contributed by atoms with E-state index in [1.807, 2.05) is 38.1 Å². The molecular formula is C15H14N2O3S2. The fourth-order valence-electron chi connectivity index (χ4n) is 1.98. The van der Waals surface area contributed by atoms with Gasteiger partial charge >= 0.3 is 0 Å². The fourth-order valence-corrected chi connectivity index (χ4v) is 4.27. The summed E-state index contributed by atoms with van der Waals surface area (Å²) in [6.07, 6.45) is 1.50. The van der Waals surface area contributed by atoms with E-state index in [9.17, 15) is 8.42 Å². The van der Waals surface area contributed by atoms with Crippen molar-refractivity contribution < 1.29 is 12.9 Å². The third-order valence-corrected chi connectivity index (χ3v) is 5.96. The maximum atomic E-state index is 12.4. The van der Waals surface area contributed by atoms with Crippen molar-refractivity contribution in [1.29, 1.82) is 0 Å². The van der Waals surface area contributed by atoms with Crippen molar-refractivity contribution in [3.05, 3.63) is 53.0 Å². The van der Waals surface area contributed by atoms with Crippen LogP contribution in [0.2, 0.25) is 0 Å². The number of nitrogens with zero attached hydrogens (tertiary/aromatic N) is 1. The van der Waals surface area contributed by atoms with Gasteiger partial charge in [0.25, 0.3) is 10.0 Å². The molecule has 0 fully saturated rings. The molecule has 0 bridgehead atoms. The maximum absolute atomic E-state index is 12.4. The highest BCUT2D eigenvalue weighted by Gasteiger charge is 2.21. The van der Waals surface area contributed by atoms with Crippen LogP contribution < -0.4 is 4.72 Å². The number of nitrogens with one attached hydrogen (secondary N) is 1. The monoisotopic (exact) mass is 334 g/mol. The van der Waals surface area contributed by atoms with Crippen LogP contribution in [0.15, 0.2) is 51.3 Å². The van der Waals surface area contributed by atoms with Crippen LogP contribution in [0, 0.1) is 13.8 Å². The Morgan fingerprint density at radius 3 is 2.45 bits per heavy atom. The zero-order valence-corrected chi connectivity index (χ0v) is 13.7. The SMILES string of the molecule is Cc1ccc(-c2cnoc2NS(=O)(=O)c2ccc(C)s2)cc1. The van der Waals surface area contributed by atoms with Crippen LogP contribution in [0.1, 0.15) is 10.4 Å². The second kappa shape index (κ2) is 5.58. The van der Waals surface area contributed by atoms with Crippen LogP contribution in [0.5, 0.6) is 0 Å². The Hall–Kier alpha value is -2.12. The Morgan fingerprint density at radius 1 is 1.09 bits per heavy atom. The minimum atomic E-state index is -3.67. The highest BCUT2D eigenvalue weighted by molar-refractivity contribution is 7.94. The first-order chi connectivity index (χ1) is 10.5. The Morgan fingerprint density at radius 2 is 1.82 bits per heavy atom. The van der Waals surface area contributed by atoms with Crippen LogP contribution in [0.3, 0.4) is 0 Å². The Bertz CT molecular complexity index is 893. The smallest absolute Gasteiger partial charge is 0.273 e. The van der Waals surface area contributed by atoms with Crippen LogP contribution in [0.4, 0.5) is 5.88 Å². The highest BCUT2D eigenvalue weighted by atomic mass is 32.2. The molecule has 0 radical (unpaired) electrons. The van der Waals surface area contributed by atoms with E-state index in [1.54, 1.807) is 12.1 Å². The predicted molar refractivity (Wildman–Crippen MR) is 86.5 cm³/mol. The molecule has 5 nitrogen and oxygen atoms in total. The number of hydrogen-bond acceptors (Lipinski definition) is 5. The maximum Gasteiger partial charge on any atom is 0.273 e. The number of aryl methyl sites for hydroxylation is 2. The van der Waals surface area contributed by atoms with Gasteiger partial charge in [0.15, 0.2) is 0 Å². The molecule has 7 heteroatoms. The summed E-state index contributed by atoms with van der Waals surface area (Å²) >= 11 is 1.21. The molecule has 2 heterocycles. The van der Waals surface area contributed by atoms with Gasteiger partial charge in [-0.1, -0.05) is 35.0 Å². The zero-order valence-electron chi connectivity index (χ0n) is 12.0. The number of aromatic nitrogens is 1. The largest absolute Gasteiger partial charge is 0.337 e. The van der Waals surface area contributed by atoms with Gasteiger partial charge < -0.3 is 4.52 Å². The van der Waals surface area contributed by atoms with Crippen molar-refractivity contribution in [2.24, 2.45) is 0 Å². The summed E-state index contributed by atoms with van der Waals surface area (Å²) in [5.41, 5.74) is 2.57. The quantitative estimate of drug-likeness (QED) is 0.787. The third-order valence-electron chi connectivity index (χ3n) is 3.14. The topological polar surface area (TPSA) is 72.2 Å². The van der Waals surface area contributed by atoms with Crippen molar-refractivity contribution in [1.82, 2.24) is 5.16 Å². The van der Waals surface area contributed by atoms with E-state index in [4.69, 9.17) is 4.52 Å². The standard InChI is InChI=1S/C15H14N2O3S2/c1-10-3-6-12(7-4-10)13-9-16-20-15(13)17-22(18,19)14-8-5-11(2)21-14/h3-9,17H,1-2H3. The molecule has 114 valence electrons. The molecular weight excluding hydrogens is 320 g/mol. The lowest BCUT2D eigenvalue weighted by atomic mass is 10.1. The van der Waals surface area contributed by atoms with Gasteiger partial charge in [-0.25, -0.2) is 13.1 Å². The van der Waals surface area contributed by atoms with Gasteiger partial charge in [-0.3, -0.25) is 0 Å². The molecule has 1 aromatic carbocycles. The number of sulfonamides is 1. The zero-order chi connectivity index (χ0) is 15.7. The van der Waals surface area contributed by atoms with Gasteiger partial charge in [0.2, 0.25) is 5.88 Å². The minimum absolute atomic E-state index is 0.120. The predicted octanol–water partition coefficient (Wildman–Crippen LogP) is 3.82. The lowest BCUT2D eigenvalue weighted by Crippen LogP contribution is -2.11. The van der Waals surface area contributed by atoms with Gasteiger partial charge in [0.1, 0.15) is 4.21 Å². The van der Waals surface area contributed by atoms with E-state index >= 15 is 0 Å². The fraction of sp³-hybridized carbons (Fsp3) is 0.133. The number of rotatable bonds is 4. The highest BCUT2D eigenvalue weighted by Crippen LogP contribution is 2.31. The summed E-state index contributed by atoms with van der Waals surface area (Å²) in [5, 5.41) is 3.71. The van der Waals surface area contributed by atoms with E-state index in [-0.39, 0.29) is 10.1 Å². The van der Waals surface area contributed by atoms with E-state index in [0.29, 0.717) is 5.56 Å². The average Bonchev–Trinajstić information content (AvgIpc) is 3.09. The number of anilines is 1.